The molecular formula is C18H19N3O5. The van der Waals surface area contributed by atoms with Crippen LogP contribution in [0.4, 0.5) is 5.82 Å². The third-order valence-corrected chi connectivity index (χ3v) is 4.01. The molecule has 1 atom stereocenters. The maximum atomic E-state index is 12.1. The molecule has 0 aliphatic carbocycles. The van der Waals surface area contributed by atoms with Gasteiger partial charge in [0.1, 0.15) is 5.76 Å². The smallest absolute Gasteiger partial charge is 0.311 e. The Balaban J connectivity index is 1.46. The normalized spacial score (nSPS) is 16.6. The average molecular weight is 357 g/mol. The first-order valence-electron chi connectivity index (χ1n) is 8.23. The SMILES string of the molecule is Cc1cc(NC(=O)COC(=O)C2CC(=O)N(Cc3ccccc3)C2)no1. The lowest BCUT2D eigenvalue weighted by atomic mass is 10.1. The molecule has 0 spiro atoms. The number of anilines is 1. The van der Waals surface area contributed by atoms with Crippen LogP contribution in [0.1, 0.15) is 17.7 Å². The summed E-state index contributed by atoms with van der Waals surface area (Å²) in [5.41, 5.74) is 0.997. The Kier molecular flexibility index (Phi) is 5.31. The molecule has 8 nitrogen and oxygen atoms in total. The van der Waals surface area contributed by atoms with Gasteiger partial charge in [0, 0.05) is 25.6 Å². The summed E-state index contributed by atoms with van der Waals surface area (Å²) in [6.07, 6.45) is 0.0930. The van der Waals surface area contributed by atoms with E-state index in [0.717, 1.165) is 5.56 Å². The first-order valence-corrected chi connectivity index (χ1v) is 8.23. The fourth-order valence-electron chi connectivity index (χ4n) is 2.75. The third-order valence-electron chi connectivity index (χ3n) is 4.01. The van der Waals surface area contributed by atoms with Crippen molar-refractivity contribution < 1.29 is 23.6 Å². The fraction of sp³-hybridized carbons (Fsp3) is 0.333. The van der Waals surface area contributed by atoms with Crippen molar-refractivity contribution in [1.82, 2.24) is 10.1 Å². The standard InChI is InChI=1S/C18H19N3O5/c1-12-7-15(20-26-12)19-16(22)11-25-18(24)14-8-17(23)21(10-14)9-13-5-3-2-4-6-13/h2-7,14H,8-11H2,1H3,(H,19,20,22). The maximum absolute atomic E-state index is 12.1. The van der Waals surface area contributed by atoms with Gasteiger partial charge in [-0.15, -0.1) is 0 Å². The summed E-state index contributed by atoms with van der Waals surface area (Å²) in [5, 5.41) is 6.08. The van der Waals surface area contributed by atoms with E-state index in [-0.39, 0.29) is 24.7 Å². The maximum Gasteiger partial charge on any atom is 0.311 e. The number of nitrogens with zero attached hydrogens (tertiary/aromatic N) is 2. The summed E-state index contributed by atoms with van der Waals surface area (Å²) in [6, 6.07) is 11.1. The molecule has 0 saturated carbocycles. The van der Waals surface area contributed by atoms with E-state index in [9.17, 15) is 14.4 Å². The quantitative estimate of drug-likeness (QED) is 0.787. The van der Waals surface area contributed by atoms with E-state index in [0.29, 0.717) is 12.3 Å². The van der Waals surface area contributed by atoms with Crippen molar-refractivity contribution in [2.75, 3.05) is 18.5 Å². The largest absolute Gasteiger partial charge is 0.455 e. The predicted molar refractivity (Wildman–Crippen MR) is 90.8 cm³/mol. The van der Waals surface area contributed by atoms with Gasteiger partial charge >= 0.3 is 5.97 Å². The molecule has 1 unspecified atom stereocenters. The molecule has 1 aromatic carbocycles. The van der Waals surface area contributed by atoms with Crippen LogP contribution in [0, 0.1) is 12.8 Å². The van der Waals surface area contributed by atoms with E-state index >= 15 is 0 Å². The highest BCUT2D eigenvalue weighted by Crippen LogP contribution is 2.21. The Morgan fingerprint density at radius 2 is 2.12 bits per heavy atom. The minimum atomic E-state index is -0.562. The van der Waals surface area contributed by atoms with Crippen LogP contribution in [-0.2, 0) is 25.7 Å². The van der Waals surface area contributed by atoms with Crippen LogP contribution in [-0.4, -0.2) is 41.0 Å². The summed E-state index contributed by atoms with van der Waals surface area (Å²) in [4.78, 5) is 37.6. The monoisotopic (exact) mass is 357 g/mol. The van der Waals surface area contributed by atoms with Crippen LogP contribution in [0.5, 0.6) is 0 Å². The van der Waals surface area contributed by atoms with Crippen LogP contribution in [0.25, 0.3) is 0 Å². The van der Waals surface area contributed by atoms with Crippen LogP contribution in [0.3, 0.4) is 0 Å². The Morgan fingerprint density at radius 1 is 1.35 bits per heavy atom. The molecule has 8 heteroatoms. The number of rotatable bonds is 6. The van der Waals surface area contributed by atoms with Crippen molar-refractivity contribution in [2.24, 2.45) is 5.92 Å². The number of benzene rings is 1. The lowest BCUT2D eigenvalue weighted by Crippen LogP contribution is -2.28. The second kappa shape index (κ2) is 7.81. The van der Waals surface area contributed by atoms with E-state index in [1.54, 1.807) is 17.9 Å². The molecule has 26 heavy (non-hydrogen) atoms. The first kappa shape index (κ1) is 17.7. The van der Waals surface area contributed by atoms with Gasteiger partial charge in [0.25, 0.3) is 5.91 Å². The van der Waals surface area contributed by atoms with E-state index in [4.69, 9.17) is 9.26 Å². The second-order valence-corrected chi connectivity index (χ2v) is 6.14. The topological polar surface area (TPSA) is 102 Å². The van der Waals surface area contributed by atoms with Crippen LogP contribution < -0.4 is 5.32 Å². The molecule has 2 heterocycles. The zero-order valence-electron chi connectivity index (χ0n) is 14.3. The number of aryl methyl sites for hydroxylation is 1. The van der Waals surface area contributed by atoms with Crippen molar-refractivity contribution in [3.63, 3.8) is 0 Å². The zero-order chi connectivity index (χ0) is 18.5. The van der Waals surface area contributed by atoms with Crippen LogP contribution >= 0.6 is 0 Å². The Labute approximate surface area is 150 Å². The average Bonchev–Trinajstić information content (AvgIpc) is 3.19. The number of hydrogen-bond donors (Lipinski definition) is 1. The third kappa shape index (κ3) is 4.47. The molecular weight excluding hydrogens is 338 g/mol. The van der Waals surface area contributed by atoms with Gasteiger partial charge in [-0.05, 0) is 12.5 Å². The number of ether oxygens (including phenoxy) is 1. The van der Waals surface area contributed by atoms with Gasteiger partial charge in [-0.1, -0.05) is 35.5 Å². The van der Waals surface area contributed by atoms with E-state index in [1.165, 1.54) is 0 Å². The van der Waals surface area contributed by atoms with Crippen molar-refractivity contribution >= 4 is 23.6 Å². The summed E-state index contributed by atoms with van der Waals surface area (Å²) < 4.78 is 9.85. The molecule has 2 amide bonds. The van der Waals surface area contributed by atoms with Gasteiger partial charge < -0.3 is 19.5 Å². The molecule has 2 aromatic rings. The summed E-state index contributed by atoms with van der Waals surface area (Å²) in [6.45, 7) is 2.00. The van der Waals surface area contributed by atoms with E-state index < -0.39 is 24.4 Å². The Morgan fingerprint density at radius 3 is 2.81 bits per heavy atom. The molecule has 136 valence electrons. The van der Waals surface area contributed by atoms with Gasteiger partial charge in [0.2, 0.25) is 5.91 Å². The number of carbonyl (C=O) groups excluding carboxylic acids is 3. The summed E-state index contributed by atoms with van der Waals surface area (Å²) >= 11 is 0. The van der Waals surface area contributed by atoms with Crippen molar-refractivity contribution in [3.05, 3.63) is 47.7 Å². The van der Waals surface area contributed by atoms with Gasteiger partial charge in [-0.25, -0.2) is 0 Å². The number of likely N-dealkylation sites (tertiary alicyclic amines) is 1. The molecule has 0 radical (unpaired) electrons. The molecule has 1 aliphatic heterocycles. The molecule has 1 aliphatic rings. The molecule has 3 rings (SSSR count). The minimum Gasteiger partial charge on any atom is -0.455 e. The number of carbonyl (C=O) groups is 3. The molecule has 1 aromatic heterocycles. The van der Waals surface area contributed by atoms with Gasteiger partial charge in [-0.3, -0.25) is 14.4 Å². The number of nitrogens with one attached hydrogen (secondary N) is 1. The van der Waals surface area contributed by atoms with Gasteiger partial charge in [-0.2, -0.15) is 0 Å². The summed E-state index contributed by atoms with van der Waals surface area (Å²) in [5.74, 6) is -0.918. The molecule has 1 N–H and O–H groups in total. The van der Waals surface area contributed by atoms with Crippen LogP contribution in [0.15, 0.2) is 40.9 Å². The Bertz CT molecular complexity index is 802. The second-order valence-electron chi connectivity index (χ2n) is 6.14. The van der Waals surface area contributed by atoms with E-state index in [2.05, 4.69) is 10.5 Å². The predicted octanol–water partition coefficient (Wildman–Crippen LogP) is 1.51. The molecule has 1 fully saturated rings. The molecule has 0 bridgehead atoms. The molecule has 1 saturated heterocycles. The number of esters is 1. The number of hydrogen-bond acceptors (Lipinski definition) is 6. The van der Waals surface area contributed by atoms with Crippen LogP contribution in [0.2, 0.25) is 0 Å². The minimum absolute atomic E-state index is 0.0930. The lowest BCUT2D eigenvalue weighted by Gasteiger charge is -2.16. The zero-order valence-corrected chi connectivity index (χ0v) is 14.3. The highest BCUT2D eigenvalue weighted by molar-refractivity contribution is 5.93. The summed E-state index contributed by atoms with van der Waals surface area (Å²) in [7, 11) is 0. The van der Waals surface area contributed by atoms with Crippen molar-refractivity contribution in [3.8, 4) is 0 Å². The van der Waals surface area contributed by atoms with Gasteiger partial charge in [0.15, 0.2) is 12.4 Å². The number of amides is 2. The highest BCUT2D eigenvalue weighted by atomic mass is 16.5. The highest BCUT2D eigenvalue weighted by Gasteiger charge is 2.35. The lowest BCUT2D eigenvalue weighted by molar-refractivity contribution is -0.151. The van der Waals surface area contributed by atoms with Crippen molar-refractivity contribution in [1.29, 1.82) is 0 Å². The van der Waals surface area contributed by atoms with E-state index in [1.807, 2.05) is 30.3 Å². The fourth-order valence-corrected chi connectivity index (χ4v) is 2.75. The van der Waals surface area contributed by atoms with Crippen molar-refractivity contribution in [2.45, 2.75) is 19.9 Å². The van der Waals surface area contributed by atoms with Gasteiger partial charge in [0.05, 0.1) is 5.92 Å². The number of aromatic nitrogens is 1. The Hall–Kier alpha value is -3.16. The first-order chi connectivity index (χ1) is 12.5.